The monoisotopic (exact) mass is 905 g/mol. The maximum Gasteiger partial charge on any atom is 0.137 e. The summed E-state index contributed by atoms with van der Waals surface area (Å²) in [7, 11) is 0. The molecule has 0 saturated carbocycles. The minimum atomic E-state index is -0.262. The molecule has 0 saturated heterocycles. The van der Waals surface area contributed by atoms with Crippen molar-refractivity contribution in [3.05, 3.63) is 228 Å². The van der Waals surface area contributed by atoms with E-state index in [-0.39, 0.29) is 21.7 Å². The van der Waals surface area contributed by atoms with Crippen LogP contribution in [0.25, 0.3) is 38.8 Å². The molecular formula is C64H64N4O. The van der Waals surface area contributed by atoms with Crippen LogP contribution in [0.1, 0.15) is 91.5 Å². The zero-order chi connectivity index (χ0) is 48.3. The second-order valence-corrected chi connectivity index (χ2v) is 21.8. The molecule has 2 aromatic heterocycles. The van der Waals surface area contributed by atoms with Crippen molar-refractivity contribution in [2.45, 2.75) is 80.1 Å². The minimum absolute atomic E-state index is 0.213. The van der Waals surface area contributed by atoms with E-state index in [1.807, 2.05) is 18.3 Å². The number of benzene rings is 7. The first kappa shape index (κ1) is 45.4. The molecule has 9 aromatic rings. The predicted octanol–water partition coefficient (Wildman–Crippen LogP) is 16.9. The number of aromatic nitrogens is 2. The number of nitrogens with zero attached hydrogens (tertiary/aromatic N) is 4. The van der Waals surface area contributed by atoms with Gasteiger partial charge in [0.1, 0.15) is 17.3 Å². The molecule has 7 aromatic carbocycles. The molecule has 0 fully saturated rings. The van der Waals surface area contributed by atoms with Gasteiger partial charge < -0.3 is 14.5 Å². The number of hydrogen-bond acceptors (Lipinski definition) is 4. The Morgan fingerprint density at radius 2 is 0.928 bits per heavy atom. The van der Waals surface area contributed by atoms with Crippen LogP contribution in [0.15, 0.2) is 206 Å². The Balaban J connectivity index is 1.14. The van der Waals surface area contributed by atoms with Gasteiger partial charge in [-0.2, -0.15) is 0 Å². The normalized spacial score (nSPS) is 13.8. The van der Waals surface area contributed by atoms with Gasteiger partial charge in [0, 0.05) is 73.5 Å². The maximum absolute atomic E-state index is 7.06. The van der Waals surface area contributed by atoms with Gasteiger partial charge in [-0.3, -0.25) is 4.57 Å². The number of rotatable bonds is 10. The quantitative estimate of drug-likeness (QED) is 0.137. The number of allylic oxidation sites excluding steroid dienone is 2. The second-order valence-electron chi connectivity index (χ2n) is 21.8. The fourth-order valence-electron chi connectivity index (χ4n) is 10.5. The molecule has 346 valence electrons. The summed E-state index contributed by atoms with van der Waals surface area (Å²) in [6, 6.07) is 67.8. The molecular weight excluding hydrogens is 841 g/mol. The largest absolute Gasteiger partial charge is 0.457 e. The Hall–Kier alpha value is -7.37. The fourth-order valence-corrected chi connectivity index (χ4v) is 10.5. The average molecular weight is 905 g/mol. The van der Waals surface area contributed by atoms with E-state index in [1.54, 1.807) is 0 Å². The maximum atomic E-state index is 7.06. The van der Waals surface area contributed by atoms with E-state index in [4.69, 9.17) is 9.72 Å². The summed E-state index contributed by atoms with van der Waals surface area (Å²) < 4.78 is 9.30. The molecule has 0 unspecified atom stereocenters. The summed E-state index contributed by atoms with van der Waals surface area (Å²) in [5, 5.41) is 2.33. The van der Waals surface area contributed by atoms with E-state index in [2.05, 4.69) is 260 Å². The first-order chi connectivity index (χ1) is 33.0. The zero-order valence-corrected chi connectivity index (χ0v) is 41.9. The molecule has 0 bridgehead atoms. The van der Waals surface area contributed by atoms with Crippen molar-refractivity contribution >= 4 is 33.2 Å². The number of anilines is 2. The summed E-state index contributed by atoms with van der Waals surface area (Å²) in [6.45, 7) is 24.3. The molecule has 0 atom stereocenters. The first-order valence-corrected chi connectivity index (χ1v) is 24.4. The van der Waals surface area contributed by atoms with Gasteiger partial charge in [0.25, 0.3) is 0 Å². The van der Waals surface area contributed by atoms with Crippen LogP contribution in [0.2, 0.25) is 0 Å². The van der Waals surface area contributed by atoms with Crippen molar-refractivity contribution in [1.82, 2.24) is 9.55 Å². The fraction of sp³-hybridized carbons (Fsp3) is 0.234. The van der Waals surface area contributed by atoms with Crippen molar-refractivity contribution in [3.63, 3.8) is 0 Å². The molecule has 69 heavy (non-hydrogen) atoms. The topological polar surface area (TPSA) is 33.5 Å². The molecule has 1 aliphatic rings. The number of fused-ring (bicyclic) bond motifs is 3. The summed E-state index contributed by atoms with van der Waals surface area (Å²) in [6.07, 6.45) is 1.85. The van der Waals surface area contributed by atoms with Gasteiger partial charge >= 0.3 is 0 Å². The SMILES string of the molecule is CC(C)(C)C1=C(C(C)(C)C)N(c2cc(C(C)(C)c3ccccc3)cc(C(C)(C)c3ccccc3)c2)CN1c1cc(Oc2ccc3c4ccccc4n(-c4ccccn4)c3c2)cc(-c2ccccc2)c1. The summed E-state index contributed by atoms with van der Waals surface area (Å²) in [4.78, 5) is 9.94. The standard InChI is InChI=1S/C64H64N4O/c1-61(2,3)59-60(62(4,5)6)67(51-39-48(63(7,8)46-26-16-12-17-27-46)38-49(40-51)64(9,10)47-28-18-13-19-29-47)43-66(59)50-36-45(44-24-14-11-15-25-44)37-53(41-50)69-52-33-34-55-54-30-20-21-31-56(54)68(57(55)42-52)58-32-22-23-35-65-58/h11-42H,43H2,1-10H3. The molecule has 3 heterocycles. The predicted molar refractivity (Wildman–Crippen MR) is 290 cm³/mol. The van der Waals surface area contributed by atoms with E-state index in [0.29, 0.717) is 6.67 Å². The third-order valence-electron chi connectivity index (χ3n) is 14.2. The summed E-state index contributed by atoms with van der Waals surface area (Å²) >= 11 is 0. The van der Waals surface area contributed by atoms with Crippen molar-refractivity contribution in [3.8, 4) is 28.4 Å². The van der Waals surface area contributed by atoms with Gasteiger partial charge in [0.15, 0.2) is 0 Å². The first-order valence-electron chi connectivity index (χ1n) is 24.4. The lowest BCUT2D eigenvalue weighted by atomic mass is 9.73. The summed E-state index contributed by atoms with van der Waals surface area (Å²) in [5.74, 6) is 2.40. The van der Waals surface area contributed by atoms with Crippen molar-refractivity contribution in [2.75, 3.05) is 16.5 Å². The minimum Gasteiger partial charge on any atom is -0.457 e. The molecule has 5 nitrogen and oxygen atoms in total. The lowest BCUT2D eigenvalue weighted by Gasteiger charge is -2.36. The lowest BCUT2D eigenvalue weighted by molar-refractivity contribution is 0.444. The second kappa shape index (κ2) is 17.3. The molecule has 5 heteroatoms. The van der Waals surface area contributed by atoms with Crippen LogP contribution in [0.5, 0.6) is 11.5 Å². The van der Waals surface area contributed by atoms with Crippen LogP contribution in [0.4, 0.5) is 11.4 Å². The number of ether oxygens (including phenoxy) is 1. The van der Waals surface area contributed by atoms with Crippen LogP contribution in [-0.2, 0) is 10.8 Å². The Morgan fingerprint density at radius 3 is 1.49 bits per heavy atom. The Labute approximate surface area is 409 Å². The highest BCUT2D eigenvalue weighted by Crippen LogP contribution is 2.50. The zero-order valence-electron chi connectivity index (χ0n) is 41.9. The van der Waals surface area contributed by atoms with Crippen LogP contribution in [0, 0.1) is 10.8 Å². The van der Waals surface area contributed by atoms with E-state index in [0.717, 1.165) is 50.6 Å². The van der Waals surface area contributed by atoms with Crippen molar-refractivity contribution < 1.29 is 4.74 Å². The highest BCUT2D eigenvalue weighted by atomic mass is 16.5. The van der Waals surface area contributed by atoms with E-state index in [1.165, 1.54) is 44.7 Å². The number of para-hydroxylation sites is 1. The van der Waals surface area contributed by atoms with Crippen LogP contribution < -0.4 is 14.5 Å². The third kappa shape index (κ3) is 8.50. The Morgan fingerprint density at radius 1 is 0.406 bits per heavy atom. The van der Waals surface area contributed by atoms with Gasteiger partial charge in [0.05, 0.1) is 17.7 Å². The highest BCUT2D eigenvalue weighted by molar-refractivity contribution is 6.09. The van der Waals surface area contributed by atoms with Gasteiger partial charge in [-0.1, -0.05) is 191 Å². The Kier molecular flexibility index (Phi) is 11.4. The van der Waals surface area contributed by atoms with E-state index >= 15 is 0 Å². The number of hydrogen-bond donors (Lipinski definition) is 0. The highest BCUT2D eigenvalue weighted by Gasteiger charge is 2.43. The van der Waals surface area contributed by atoms with Crippen molar-refractivity contribution in [2.24, 2.45) is 10.8 Å². The molecule has 0 N–H and O–H groups in total. The molecule has 1 aliphatic heterocycles. The molecule has 0 spiro atoms. The molecule has 0 amide bonds. The molecule has 0 aliphatic carbocycles. The third-order valence-corrected chi connectivity index (χ3v) is 14.2. The average Bonchev–Trinajstić information content (AvgIpc) is 3.93. The van der Waals surface area contributed by atoms with Gasteiger partial charge in [-0.15, -0.1) is 0 Å². The molecule has 10 rings (SSSR count). The van der Waals surface area contributed by atoms with Crippen LogP contribution >= 0.6 is 0 Å². The van der Waals surface area contributed by atoms with E-state index in [9.17, 15) is 0 Å². The van der Waals surface area contributed by atoms with E-state index < -0.39 is 0 Å². The van der Waals surface area contributed by atoms with Gasteiger partial charge in [-0.25, -0.2) is 4.98 Å². The van der Waals surface area contributed by atoms with Crippen LogP contribution in [-0.4, -0.2) is 16.2 Å². The smallest absolute Gasteiger partial charge is 0.137 e. The van der Waals surface area contributed by atoms with Gasteiger partial charge in [0.2, 0.25) is 0 Å². The van der Waals surface area contributed by atoms with Crippen LogP contribution in [0.3, 0.4) is 0 Å². The summed E-state index contributed by atoms with van der Waals surface area (Å²) in [5.41, 5.74) is 13.4. The molecule has 0 radical (unpaired) electrons. The van der Waals surface area contributed by atoms with Crippen molar-refractivity contribution in [1.29, 1.82) is 0 Å². The lowest BCUT2D eigenvalue weighted by Crippen LogP contribution is -2.32. The Bertz CT molecular complexity index is 3270. The van der Waals surface area contributed by atoms with Gasteiger partial charge in [-0.05, 0) is 88.0 Å². The number of pyridine rings is 1.